The molecule has 0 radical (unpaired) electrons. The number of thioether (sulfide) groups is 1. The molecule has 1 amide bonds. The molecule has 3 aromatic carbocycles. The smallest absolute Gasteiger partial charge is 0.242 e. The zero-order chi connectivity index (χ0) is 22.5. The third kappa shape index (κ3) is 4.97. The lowest BCUT2D eigenvalue weighted by Crippen LogP contribution is -2.21. The van der Waals surface area contributed by atoms with Gasteiger partial charge in [-0.2, -0.15) is 0 Å². The molecule has 0 saturated heterocycles. The van der Waals surface area contributed by atoms with Crippen LogP contribution in [0.3, 0.4) is 0 Å². The summed E-state index contributed by atoms with van der Waals surface area (Å²) < 4.78 is 15.3. The van der Waals surface area contributed by atoms with Crippen LogP contribution in [0.5, 0.6) is 0 Å². The van der Waals surface area contributed by atoms with E-state index in [2.05, 4.69) is 15.5 Å². The van der Waals surface area contributed by atoms with Gasteiger partial charge in [-0.05, 0) is 36.2 Å². The number of aryl methyl sites for hydroxylation is 1. The van der Waals surface area contributed by atoms with E-state index in [-0.39, 0.29) is 18.1 Å². The van der Waals surface area contributed by atoms with Crippen LogP contribution in [0, 0.1) is 12.7 Å². The van der Waals surface area contributed by atoms with Crippen LogP contribution in [0.1, 0.15) is 27.8 Å². The van der Waals surface area contributed by atoms with Gasteiger partial charge in [-0.1, -0.05) is 78.0 Å². The summed E-state index contributed by atoms with van der Waals surface area (Å²) in [5.41, 5.74) is 3.09. The van der Waals surface area contributed by atoms with E-state index in [1.54, 1.807) is 18.2 Å². The number of aromatic nitrogens is 3. The van der Waals surface area contributed by atoms with Gasteiger partial charge < -0.3 is 11.2 Å². The summed E-state index contributed by atoms with van der Waals surface area (Å²) in [6, 6.07) is 23.4. The molecule has 0 saturated carbocycles. The summed E-state index contributed by atoms with van der Waals surface area (Å²) in [5.74, 6) is 6.09. The first kappa shape index (κ1) is 21.6. The van der Waals surface area contributed by atoms with Crippen molar-refractivity contribution in [3.8, 4) is 0 Å². The third-order valence-electron chi connectivity index (χ3n) is 4.92. The normalized spacial score (nSPS) is 11.8. The summed E-state index contributed by atoms with van der Waals surface area (Å²) >= 11 is 1.19. The van der Waals surface area contributed by atoms with Gasteiger partial charge >= 0.3 is 0 Å². The van der Waals surface area contributed by atoms with E-state index >= 15 is 0 Å². The van der Waals surface area contributed by atoms with Gasteiger partial charge in [0.2, 0.25) is 11.1 Å². The molecule has 0 fully saturated rings. The van der Waals surface area contributed by atoms with Gasteiger partial charge in [-0.15, -0.1) is 10.2 Å². The average Bonchev–Trinajstić information content (AvgIpc) is 3.14. The Bertz CT molecular complexity index is 1210. The van der Waals surface area contributed by atoms with Crippen molar-refractivity contribution in [3.63, 3.8) is 0 Å². The summed E-state index contributed by atoms with van der Waals surface area (Å²) in [6.07, 6.45) is 0.197. The van der Waals surface area contributed by atoms with E-state index in [1.807, 2.05) is 61.5 Å². The van der Waals surface area contributed by atoms with Crippen molar-refractivity contribution >= 4 is 23.4 Å². The van der Waals surface area contributed by atoms with Gasteiger partial charge in [0.05, 0.1) is 0 Å². The highest BCUT2D eigenvalue weighted by molar-refractivity contribution is 8.00. The number of hydrogen-bond acceptors (Lipinski definition) is 5. The Morgan fingerprint density at radius 1 is 1.03 bits per heavy atom. The molecule has 32 heavy (non-hydrogen) atoms. The SMILES string of the molecule is Cc1ccc(NC(=O)[C@H](Sc2nnc(Cc3ccccc3F)n2N)c2ccccc2)cc1. The number of hydrogen-bond donors (Lipinski definition) is 2. The molecular formula is C24H22FN5OS. The van der Waals surface area contributed by atoms with Crippen LogP contribution in [0.4, 0.5) is 10.1 Å². The minimum Gasteiger partial charge on any atom is -0.336 e. The number of carbonyl (C=O) groups is 1. The molecule has 0 aliphatic heterocycles. The first-order valence-corrected chi connectivity index (χ1v) is 10.9. The molecule has 162 valence electrons. The van der Waals surface area contributed by atoms with Crippen molar-refractivity contribution in [2.45, 2.75) is 23.8 Å². The number of nitrogen functional groups attached to an aromatic ring is 1. The summed E-state index contributed by atoms with van der Waals surface area (Å²) in [4.78, 5) is 13.2. The topological polar surface area (TPSA) is 85.8 Å². The van der Waals surface area contributed by atoms with E-state index in [0.29, 0.717) is 22.2 Å². The summed E-state index contributed by atoms with van der Waals surface area (Å²) in [5, 5.41) is 11.0. The van der Waals surface area contributed by atoms with Crippen LogP contribution in [0.2, 0.25) is 0 Å². The number of benzene rings is 3. The quantitative estimate of drug-likeness (QED) is 0.322. The Hall–Kier alpha value is -3.65. The molecule has 1 atom stereocenters. The Kier molecular flexibility index (Phi) is 6.51. The van der Waals surface area contributed by atoms with Gasteiger partial charge in [-0.3, -0.25) is 4.79 Å². The first-order valence-electron chi connectivity index (χ1n) is 10.0. The van der Waals surface area contributed by atoms with Crippen LogP contribution in [-0.2, 0) is 11.2 Å². The van der Waals surface area contributed by atoms with Crippen LogP contribution in [0.25, 0.3) is 0 Å². The lowest BCUT2D eigenvalue weighted by atomic mass is 10.1. The standard InChI is InChI=1S/C24H22FN5OS/c1-16-11-13-19(14-12-16)27-23(31)22(17-7-3-2-4-8-17)32-24-29-28-21(30(24)26)15-18-9-5-6-10-20(18)25/h2-14,22H,15,26H2,1H3,(H,27,31)/t22-/m1/s1. The van der Waals surface area contributed by atoms with Crippen LogP contribution in [-0.4, -0.2) is 20.8 Å². The number of nitrogens with one attached hydrogen (secondary N) is 1. The van der Waals surface area contributed by atoms with E-state index in [9.17, 15) is 9.18 Å². The average molecular weight is 448 g/mol. The van der Waals surface area contributed by atoms with Crippen molar-refractivity contribution in [3.05, 3.63) is 107 Å². The highest BCUT2D eigenvalue weighted by Gasteiger charge is 2.25. The number of halogens is 1. The van der Waals surface area contributed by atoms with Crippen molar-refractivity contribution in [1.82, 2.24) is 14.9 Å². The van der Waals surface area contributed by atoms with Crippen molar-refractivity contribution in [1.29, 1.82) is 0 Å². The molecule has 4 aromatic rings. The zero-order valence-electron chi connectivity index (χ0n) is 17.4. The number of amides is 1. The molecule has 0 aliphatic rings. The number of nitrogens with two attached hydrogens (primary N) is 1. The van der Waals surface area contributed by atoms with E-state index in [1.165, 1.54) is 22.5 Å². The lowest BCUT2D eigenvalue weighted by Gasteiger charge is -2.16. The van der Waals surface area contributed by atoms with Gasteiger partial charge in [0, 0.05) is 12.1 Å². The van der Waals surface area contributed by atoms with Crippen molar-refractivity contribution in [2.24, 2.45) is 0 Å². The Balaban J connectivity index is 1.58. The second-order valence-corrected chi connectivity index (χ2v) is 8.37. The lowest BCUT2D eigenvalue weighted by molar-refractivity contribution is -0.115. The van der Waals surface area contributed by atoms with Crippen LogP contribution >= 0.6 is 11.8 Å². The molecule has 1 heterocycles. The minimum atomic E-state index is -0.606. The summed E-state index contributed by atoms with van der Waals surface area (Å²) in [6.45, 7) is 1.99. The maximum atomic E-state index is 14.0. The molecule has 1 aromatic heterocycles. The molecule has 0 spiro atoms. The van der Waals surface area contributed by atoms with Crippen LogP contribution < -0.4 is 11.2 Å². The number of rotatable bonds is 7. The largest absolute Gasteiger partial charge is 0.336 e. The van der Waals surface area contributed by atoms with E-state index in [0.717, 1.165) is 11.1 Å². The number of anilines is 1. The first-order chi connectivity index (χ1) is 15.5. The Morgan fingerprint density at radius 2 is 1.72 bits per heavy atom. The fourth-order valence-electron chi connectivity index (χ4n) is 3.17. The highest BCUT2D eigenvalue weighted by Crippen LogP contribution is 2.35. The molecule has 0 bridgehead atoms. The van der Waals surface area contributed by atoms with E-state index < -0.39 is 5.25 Å². The number of nitrogens with zero attached hydrogens (tertiary/aromatic N) is 3. The Morgan fingerprint density at radius 3 is 2.44 bits per heavy atom. The second kappa shape index (κ2) is 9.65. The zero-order valence-corrected chi connectivity index (χ0v) is 18.2. The maximum Gasteiger partial charge on any atom is 0.242 e. The molecule has 3 N–H and O–H groups in total. The predicted octanol–water partition coefficient (Wildman–Crippen LogP) is 4.50. The third-order valence-corrected chi connectivity index (χ3v) is 6.14. The van der Waals surface area contributed by atoms with Gasteiger partial charge in [-0.25, -0.2) is 9.07 Å². The van der Waals surface area contributed by atoms with Crippen molar-refractivity contribution < 1.29 is 9.18 Å². The molecular weight excluding hydrogens is 425 g/mol. The number of carbonyl (C=O) groups excluding carboxylic acids is 1. The molecule has 0 unspecified atom stereocenters. The maximum absolute atomic E-state index is 14.0. The van der Waals surface area contributed by atoms with Gasteiger partial charge in [0.25, 0.3) is 0 Å². The second-order valence-electron chi connectivity index (χ2n) is 7.30. The van der Waals surface area contributed by atoms with Gasteiger partial charge in [0.1, 0.15) is 11.1 Å². The molecule has 8 heteroatoms. The van der Waals surface area contributed by atoms with Gasteiger partial charge in [0.15, 0.2) is 5.82 Å². The van der Waals surface area contributed by atoms with E-state index in [4.69, 9.17) is 5.84 Å². The fraction of sp³-hybridized carbons (Fsp3) is 0.125. The predicted molar refractivity (Wildman–Crippen MR) is 124 cm³/mol. The summed E-state index contributed by atoms with van der Waals surface area (Å²) in [7, 11) is 0. The molecule has 6 nitrogen and oxygen atoms in total. The minimum absolute atomic E-state index is 0.197. The highest BCUT2D eigenvalue weighted by atomic mass is 32.2. The van der Waals surface area contributed by atoms with Crippen molar-refractivity contribution in [2.75, 3.05) is 11.2 Å². The monoisotopic (exact) mass is 447 g/mol. The Labute approximate surface area is 189 Å². The van der Waals surface area contributed by atoms with Crippen LogP contribution in [0.15, 0.2) is 84.0 Å². The molecule has 4 rings (SSSR count). The fourth-order valence-corrected chi connectivity index (χ4v) is 4.15. The molecule has 0 aliphatic carbocycles.